The molecule has 1 aliphatic rings. The lowest BCUT2D eigenvalue weighted by Gasteiger charge is -2.28. The van der Waals surface area contributed by atoms with Crippen molar-refractivity contribution in [2.24, 2.45) is 5.92 Å². The highest BCUT2D eigenvalue weighted by atomic mass is 35.5. The van der Waals surface area contributed by atoms with Gasteiger partial charge in [0, 0.05) is 13.1 Å². The van der Waals surface area contributed by atoms with Crippen molar-refractivity contribution in [3.63, 3.8) is 0 Å². The van der Waals surface area contributed by atoms with E-state index in [-0.39, 0.29) is 29.8 Å². The zero-order valence-corrected chi connectivity index (χ0v) is 17.5. The number of halogens is 2. The summed E-state index contributed by atoms with van der Waals surface area (Å²) in [6.45, 7) is 3.73. The van der Waals surface area contributed by atoms with E-state index in [9.17, 15) is 18.3 Å². The highest BCUT2D eigenvalue weighted by molar-refractivity contribution is 7.89. The minimum Gasteiger partial charge on any atom is -0.489 e. The number of aliphatic hydroxyl groups excluding tert-OH is 1. The Kier molecular flexibility index (Phi) is 7.76. The average Bonchev–Trinajstić information content (AvgIpc) is 2.93. The maximum Gasteiger partial charge on any atom is 0.238 e. The van der Waals surface area contributed by atoms with Crippen molar-refractivity contribution in [3.8, 4) is 5.75 Å². The Morgan fingerprint density at radius 3 is 2.67 bits per heavy atom. The number of carbonyl (C=O) groups excluding carboxylic acids is 1. The van der Waals surface area contributed by atoms with E-state index >= 15 is 0 Å². The third-order valence-electron chi connectivity index (χ3n) is 4.21. The molecule has 1 aromatic carbocycles. The first-order valence-electron chi connectivity index (χ1n) is 8.65. The number of carbonyl (C=O) groups is 1. The summed E-state index contributed by atoms with van der Waals surface area (Å²) in [4.78, 5) is 12.5. The molecule has 7 nitrogen and oxygen atoms in total. The summed E-state index contributed by atoms with van der Waals surface area (Å²) in [5, 5.41) is 13.2. The molecule has 0 aromatic heterocycles. The second-order valence-electron chi connectivity index (χ2n) is 6.73. The molecule has 0 aliphatic carbocycles. The van der Waals surface area contributed by atoms with E-state index in [2.05, 4.69) is 5.32 Å². The quantitative estimate of drug-likeness (QED) is 0.645. The van der Waals surface area contributed by atoms with E-state index in [1.54, 1.807) is 32.0 Å². The van der Waals surface area contributed by atoms with Crippen molar-refractivity contribution in [1.29, 1.82) is 0 Å². The van der Waals surface area contributed by atoms with Gasteiger partial charge in [-0.3, -0.25) is 4.79 Å². The van der Waals surface area contributed by atoms with Crippen LogP contribution < -0.4 is 10.1 Å². The van der Waals surface area contributed by atoms with Gasteiger partial charge in [0.25, 0.3) is 0 Å². The number of hydrogen-bond donors (Lipinski definition) is 2. The van der Waals surface area contributed by atoms with Gasteiger partial charge in [0.05, 0.1) is 10.8 Å². The Morgan fingerprint density at radius 2 is 2.07 bits per heavy atom. The molecule has 152 valence electrons. The molecule has 0 spiro atoms. The van der Waals surface area contributed by atoms with Crippen molar-refractivity contribution in [2.45, 2.75) is 32.4 Å². The number of rotatable bonds is 8. The first-order chi connectivity index (χ1) is 12.6. The summed E-state index contributed by atoms with van der Waals surface area (Å²) >= 11 is 11.9. The van der Waals surface area contributed by atoms with Crippen LogP contribution in [0.5, 0.6) is 5.75 Å². The highest BCUT2D eigenvalue weighted by Crippen LogP contribution is 2.31. The van der Waals surface area contributed by atoms with Crippen molar-refractivity contribution >= 4 is 39.1 Å². The minimum atomic E-state index is -3.41. The second-order valence-corrected chi connectivity index (χ2v) is 9.56. The van der Waals surface area contributed by atoms with Crippen LogP contribution in [-0.4, -0.2) is 61.3 Å². The SMILES string of the molecule is CC(C)C(C(=O)NCC(O)COc1cccc(Cl)c1Cl)N1CCCS1(=O)=O. The predicted molar refractivity (Wildman–Crippen MR) is 105 cm³/mol. The van der Waals surface area contributed by atoms with Crippen LogP contribution >= 0.6 is 23.2 Å². The van der Waals surface area contributed by atoms with Gasteiger partial charge in [-0.05, 0) is 24.5 Å². The summed E-state index contributed by atoms with van der Waals surface area (Å²) in [5.41, 5.74) is 0. The van der Waals surface area contributed by atoms with Crippen LogP contribution in [0.25, 0.3) is 0 Å². The van der Waals surface area contributed by atoms with Crippen LogP contribution in [0.15, 0.2) is 18.2 Å². The van der Waals surface area contributed by atoms with Gasteiger partial charge in [-0.1, -0.05) is 43.1 Å². The first-order valence-corrected chi connectivity index (χ1v) is 11.0. The van der Waals surface area contributed by atoms with Crippen LogP contribution in [-0.2, 0) is 14.8 Å². The van der Waals surface area contributed by atoms with E-state index in [1.807, 2.05) is 0 Å². The van der Waals surface area contributed by atoms with Gasteiger partial charge in [0.15, 0.2) is 0 Å². The van der Waals surface area contributed by atoms with Crippen molar-refractivity contribution in [1.82, 2.24) is 9.62 Å². The van der Waals surface area contributed by atoms with E-state index in [1.165, 1.54) is 4.31 Å². The molecular formula is C17H24Cl2N2O5S. The Hall–Kier alpha value is -1.06. The third-order valence-corrected chi connectivity index (χ3v) is 6.94. The van der Waals surface area contributed by atoms with Gasteiger partial charge in [-0.25, -0.2) is 8.42 Å². The molecule has 1 aliphatic heterocycles. The number of ether oxygens (including phenoxy) is 1. The van der Waals surface area contributed by atoms with Crippen LogP contribution in [0.2, 0.25) is 10.0 Å². The van der Waals surface area contributed by atoms with Gasteiger partial charge in [-0.2, -0.15) is 4.31 Å². The molecule has 1 fully saturated rings. The standard InChI is InChI=1S/C17H24Cl2N2O5S/c1-11(2)16(21-7-4-8-27(21,24)25)17(23)20-9-12(22)10-26-14-6-3-5-13(18)15(14)19/h3,5-6,11-12,16,22H,4,7-10H2,1-2H3,(H,20,23). The maximum absolute atomic E-state index is 12.5. The Morgan fingerprint density at radius 1 is 1.37 bits per heavy atom. The molecule has 0 radical (unpaired) electrons. The zero-order valence-electron chi connectivity index (χ0n) is 15.2. The Balaban J connectivity index is 1.90. The average molecular weight is 439 g/mol. The molecule has 1 aromatic rings. The maximum atomic E-state index is 12.5. The van der Waals surface area contributed by atoms with Gasteiger partial charge in [-0.15, -0.1) is 0 Å². The van der Waals surface area contributed by atoms with E-state index in [0.29, 0.717) is 23.7 Å². The molecule has 0 saturated carbocycles. The number of benzene rings is 1. The summed E-state index contributed by atoms with van der Waals surface area (Å²) in [6, 6.07) is 4.10. The number of nitrogens with zero attached hydrogens (tertiary/aromatic N) is 1. The largest absolute Gasteiger partial charge is 0.489 e. The Bertz CT molecular complexity index is 773. The third kappa shape index (κ3) is 5.71. The summed E-state index contributed by atoms with van der Waals surface area (Å²) < 4.78 is 30.9. The molecule has 1 amide bonds. The van der Waals surface area contributed by atoms with Crippen molar-refractivity contribution in [3.05, 3.63) is 28.2 Å². The van der Waals surface area contributed by atoms with E-state index in [0.717, 1.165) is 0 Å². The number of hydrogen-bond acceptors (Lipinski definition) is 5. The Labute approximate surface area is 169 Å². The van der Waals surface area contributed by atoms with Crippen LogP contribution in [0.3, 0.4) is 0 Å². The summed E-state index contributed by atoms with van der Waals surface area (Å²) in [7, 11) is -3.41. The fourth-order valence-electron chi connectivity index (χ4n) is 2.90. The molecule has 2 N–H and O–H groups in total. The van der Waals surface area contributed by atoms with Crippen LogP contribution in [0.4, 0.5) is 0 Å². The minimum absolute atomic E-state index is 0.0559. The molecule has 27 heavy (non-hydrogen) atoms. The fraction of sp³-hybridized carbons (Fsp3) is 0.588. The second kappa shape index (κ2) is 9.43. The predicted octanol–water partition coefficient (Wildman–Crippen LogP) is 1.91. The number of sulfonamides is 1. The molecule has 2 rings (SSSR count). The zero-order chi connectivity index (χ0) is 20.2. The molecule has 2 unspecified atom stereocenters. The van der Waals surface area contributed by atoms with E-state index in [4.69, 9.17) is 27.9 Å². The summed E-state index contributed by atoms with van der Waals surface area (Å²) in [6.07, 6.45) is -0.484. The topological polar surface area (TPSA) is 95.9 Å². The fourth-order valence-corrected chi connectivity index (χ4v) is 5.07. The molecule has 0 bridgehead atoms. The molecule has 1 heterocycles. The molecular weight excluding hydrogens is 415 g/mol. The van der Waals surface area contributed by atoms with Gasteiger partial charge in [0.2, 0.25) is 15.9 Å². The highest BCUT2D eigenvalue weighted by Gasteiger charge is 2.39. The molecule has 1 saturated heterocycles. The lowest BCUT2D eigenvalue weighted by atomic mass is 10.0. The van der Waals surface area contributed by atoms with E-state index < -0.39 is 28.1 Å². The number of nitrogens with one attached hydrogen (secondary N) is 1. The first kappa shape index (κ1) is 22.2. The smallest absolute Gasteiger partial charge is 0.238 e. The normalized spacial score (nSPS) is 19.0. The van der Waals surface area contributed by atoms with Gasteiger partial charge < -0.3 is 15.2 Å². The van der Waals surface area contributed by atoms with Crippen LogP contribution in [0.1, 0.15) is 20.3 Å². The van der Waals surface area contributed by atoms with Gasteiger partial charge in [0.1, 0.15) is 29.5 Å². The lowest BCUT2D eigenvalue weighted by molar-refractivity contribution is -0.126. The molecule has 10 heteroatoms. The van der Waals surface area contributed by atoms with Gasteiger partial charge >= 0.3 is 0 Å². The summed E-state index contributed by atoms with van der Waals surface area (Å²) in [5.74, 6) is -0.245. The lowest BCUT2D eigenvalue weighted by Crippen LogP contribution is -2.52. The number of aliphatic hydroxyl groups is 1. The molecule has 2 atom stereocenters. The van der Waals surface area contributed by atoms with Crippen molar-refractivity contribution in [2.75, 3.05) is 25.4 Å². The van der Waals surface area contributed by atoms with Crippen LogP contribution in [0, 0.1) is 5.92 Å². The monoisotopic (exact) mass is 438 g/mol. The number of amides is 1. The van der Waals surface area contributed by atoms with Crippen molar-refractivity contribution < 1.29 is 23.1 Å².